The molecule has 0 aliphatic carbocycles. The number of para-hydroxylation sites is 1. The summed E-state index contributed by atoms with van der Waals surface area (Å²) in [4.78, 5) is 30.2. The molecule has 3 rings (SSSR count). The van der Waals surface area contributed by atoms with Crippen LogP contribution in [0.1, 0.15) is 10.4 Å². The molecular formula is C14H11N3O2S2. The Hall–Kier alpha value is -2.12. The molecule has 3 aromatic rings. The molecule has 0 atom stereocenters. The Kier molecular flexibility index (Phi) is 3.76. The molecule has 0 aliphatic heterocycles. The first kappa shape index (κ1) is 13.8. The minimum Gasteiger partial charge on any atom is -0.321 e. The molecule has 0 saturated carbocycles. The van der Waals surface area contributed by atoms with Crippen molar-refractivity contribution in [1.29, 1.82) is 0 Å². The van der Waals surface area contributed by atoms with Crippen molar-refractivity contribution in [3.63, 3.8) is 0 Å². The highest BCUT2D eigenvalue weighted by molar-refractivity contribution is 7.98. The Morgan fingerprint density at radius 2 is 2.19 bits per heavy atom. The SMILES string of the molecule is CSc1ccccc1NC(=O)c1cnc2sccn2c1=O. The van der Waals surface area contributed by atoms with Crippen LogP contribution >= 0.6 is 23.1 Å². The third kappa shape index (κ3) is 2.57. The molecule has 0 saturated heterocycles. The highest BCUT2D eigenvalue weighted by Crippen LogP contribution is 2.24. The molecule has 0 fully saturated rings. The van der Waals surface area contributed by atoms with Crippen molar-refractivity contribution >= 4 is 39.7 Å². The molecule has 106 valence electrons. The van der Waals surface area contributed by atoms with Gasteiger partial charge in [0.15, 0.2) is 4.96 Å². The molecule has 1 amide bonds. The summed E-state index contributed by atoms with van der Waals surface area (Å²) in [5.74, 6) is -0.449. The van der Waals surface area contributed by atoms with Crippen molar-refractivity contribution in [2.45, 2.75) is 4.90 Å². The van der Waals surface area contributed by atoms with Crippen LogP contribution in [-0.2, 0) is 0 Å². The predicted molar refractivity (Wildman–Crippen MR) is 85.5 cm³/mol. The molecule has 2 heterocycles. The van der Waals surface area contributed by atoms with Gasteiger partial charge in [-0.3, -0.25) is 14.0 Å². The lowest BCUT2D eigenvalue weighted by Crippen LogP contribution is -2.25. The third-order valence-electron chi connectivity index (χ3n) is 2.94. The maximum absolute atomic E-state index is 12.3. The number of anilines is 1. The van der Waals surface area contributed by atoms with Crippen LogP contribution in [0, 0.1) is 0 Å². The van der Waals surface area contributed by atoms with E-state index in [1.165, 1.54) is 33.7 Å². The number of hydrogen-bond acceptors (Lipinski definition) is 5. The minimum atomic E-state index is -0.449. The second-order valence-corrected chi connectivity index (χ2v) is 5.91. The van der Waals surface area contributed by atoms with Crippen molar-refractivity contribution < 1.29 is 4.79 Å². The van der Waals surface area contributed by atoms with Crippen LogP contribution in [0.3, 0.4) is 0 Å². The maximum Gasteiger partial charge on any atom is 0.271 e. The zero-order chi connectivity index (χ0) is 14.8. The maximum atomic E-state index is 12.3. The van der Waals surface area contributed by atoms with Crippen LogP contribution in [0.25, 0.3) is 4.96 Å². The number of aromatic nitrogens is 2. The van der Waals surface area contributed by atoms with E-state index in [0.717, 1.165) is 4.90 Å². The summed E-state index contributed by atoms with van der Waals surface area (Å²) < 4.78 is 1.38. The average molecular weight is 317 g/mol. The first-order chi connectivity index (χ1) is 10.2. The topological polar surface area (TPSA) is 63.5 Å². The van der Waals surface area contributed by atoms with Gasteiger partial charge in [-0.25, -0.2) is 4.98 Å². The lowest BCUT2D eigenvalue weighted by Gasteiger charge is -2.08. The molecule has 21 heavy (non-hydrogen) atoms. The van der Waals surface area contributed by atoms with Crippen LogP contribution in [0.15, 0.2) is 51.7 Å². The Morgan fingerprint density at radius 3 is 3.00 bits per heavy atom. The van der Waals surface area contributed by atoms with Gasteiger partial charge in [-0.05, 0) is 18.4 Å². The molecule has 2 aromatic heterocycles. The summed E-state index contributed by atoms with van der Waals surface area (Å²) in [6.07, 6.45) is 4.87. The molecular weight excluding hydrogens is 306 g/mol. The van der Waals surface area contributed by atoms with Crippen molar-refractivity contribution in [1.82, 2.24) is 9.38 Å². The molecule has 5 nitrogen and oxygen atoms in total. The van der Waals surface area contributed by atoms with Crippen molar-refractivity contribution in [3.05, 3.63) is 58.0 Å². The van der Waals surface area contributed by atoms with E-state index in [2.05, 4.69) is 10.3 Å². The van der Waals surface area contributed by atoms with Crippen LogP contribution in [0.5, 0.6) is 0 Å². The molecule has 1 aromatic carbocycles. The lowest BCUT2D eigenvalue weighted by atomic mass is 10.2. The number of carbonyl (C=O) groups excluding carboxylic acids is 1. The number of fused-ring (bicyclic) bond motifs is 1. The quantitative estimate of drug-likeness (QED) is 0.755. The summed E-state index contributed by atoms with van der Waals surface area (Å²) >= 11 is 2.88. The van der Waals surface area contributed by atoms with E-state index in [4.69, 9.17) is 0 Å². The standard InChI is InChI=1S/C14H11N3O2S2/c1-20-11-5-3-2-4-10(11)16-12(18)9-8-15-14-17(13(9)19)6-7-21-14/h2-8H,1H3,(H,16,18). The fourth-order valence-electron chi connectivity index (χ4n) is 1.92. The number of benzene rings is 1. The second-order valence-electron chi connectivity index (χ2n) is 4.19. The van der Waals surface area contributed by atoms with E-state index < -0.39 is 5.91 Å². The first-order valence-corrected chi connectivity index (χ1v) is 8.20. The molecule has 7 heteroatoms. The van der Waals surface area contributed by atoms with Gasteiger partial charge in [-0.2, -0.15) is 0 Å². The van der Waals surface area contributed by atoms with Crippen molar-refractivity contribution in [2.75, 3.05) is 11.6 Å². The van der Waals surface area contributed by atoms with E-state index in [9.17, 15) is 9.59 Å². The molecule has 0 unspecified atom stereocenters. The summed E-state index contributed by atoms with van der Waals surface area (Å²) in [5.41, 5.74) is 0.354. The molecule has 0 radical (unpaired) electrons. The van der Waals surface area contributed by atoms with Gasteiger partial charge in [0.25, 0.3) is 11.5 Å². The second kappa shape index (κ2) is 5.71. The number of hydrogen-bond donors (Lipinski definition) is 1. The fourth-order valence-corrected chi connectivity index (χ4v) is 3.15. The van der Waals surface area contributed by atoms with Crippen LogP contribution < -0.4 is 10.9 Å². The summed E-state index contributed by atoms with van der Waals surface area (Å²) in [7, 11) is 0. The van der Waals surface area contributed by atoms with Crippen molar-refractivity contribution in [2.24, 2.45) is 0 Å². The Bertz CT molecular complexity index is 870. The Morgan fingerprint density at radius 1 is 1.38 bits per heavy atom. The highest BCUT2D eigenvalue weighted by atomic mass is 32.2. The largest absolute Gasteiger partial charge is 0.321 e. The predicted octanol–water partition coefficient (Wildman–Crippen LogP) is 2.73. The normalized spacial score (nSPS) is 10.7. The van der Waals surface area contributed by atoms with Gasteiger partial charge in [0.1, 0.15) is 5.56 Å². The smallest absolute Gasteiger partial charge is 0.271 e. The van der Waals surface area contributed by atoms with Gasteiger partial charge < -0.3 is 5.32 Å². The van der Waals surface area contributed by atoms with E-state index in [1.807, 2.05) is 24.5 Å². The van der Waals surface area contributed by atoms with Gasteiger partial charge in [0.2, 0.25) is 0 Å². The first-order valence-electron chi connectivity index (χ1n) is 6.10. The summed E-state index contributed by atoms with van der Waals surface area (Å²) in [6.45, 7) is 0. The monoisotopic (exact) mass is 317 g/mol. The van der Waals surface area contributed by atoms with Crippen molar-refractivity contribution in [3.8, 4) is 0 Å². The average Bonchev–Trinajstić information content (AvgIpc) is 2.97. The molecule has 0 spiro atoms. The van der Waals surface area contributed by atoms with E-state index in [0.29, 0.717) is 10.6 Å². The number of nitrogens with one attached hydrogen (secondary N) is 1. The summed E-state index contributed by atoms with van der Waals surface area (Å²) in [5, 5.41) is 4.52. The van der Waals surface area contributed by atoms with E-state index in [-0.39, 0.29) is 11.1 Å². The number of rotatable bonds is 3. The van der Waals surface area contributed by atoms with E-state index >= 15 is 0 Å². The third-order valence-corrected chi connectivity index (χ3v) is 4.51. The molecule has 0 bridgehead atoms. The molecule has 1 N–H and O–H groups in total. The van der Waals surface area contributed by atoms with Crippen LogP contribution in [0.4, 0.5) is 5.69 Å². The zero-order valence-electron chi connectivity index (χ0n) is 11.1. The zero-order valence-corrected chi connectivity index (χ0v) is 12.7. The number of nitrogens with zero attached hydrogens (tertiary/aromatic N) is 2. The number of carbonyl (C=O) groups is 1. The minimum absolute atomic E-state index is 0.0295. The van der Waals surface area contributed by atoms with E-state index in [1.54, 1.807) is 17.6 Å². The van der Waals surface area contributed by atoms with Gasteiger partial charge in [-0.1, -0.05) is 12.1 Å². The molecule has 0 aliphatic rings. The summed E-state index contributed by atoms with van der Waals surface area (Å²) in [6, 6.07) is 7.45. The lowest BCUT2D eigenvalue weighted by molar-refractivity contribution is 0.102. The number of thiazole rings is 1. The van der Waals surface area contributed by atoms with Gasteiger partial charge >= 0.3 is 0 Å². The van der Waals surface area contributed by atoms with Gasteiger partial charge in [-0.15, -0.1) is 23.1 Å². The van der Waals surface area contributed by atoms with Gasteiger partial charge in [0.05, 0.1) is 5.69 Å². The number of amides is 1. The van der Waals surface area contributed by atoms with Crippen LogP contribution in [-0.4, -0.2) is 21.5 Å². The Labute approximate surface area is 128 Å². The Balaban J connectivity index is 1.97. The number of thioether (sulfide) groups is 1. The fraction of sp³-hybridized carbons (Fsp3) is 0.0714. The van der Waals surface area contributed by atoms with Crippen LogP contribution in [0.2, 0.25) is 0 Å². The highest BCUT2D eigenvalue weighted by Gasteiger charge is 2.15. The van der Waals surface area contributed by atoms with Gasteiger partial charge in [0, 0.05) is 22.7 Å².